The van der Waals surface area contributed by atoms with Crippen LogP contribution in [-0.2, 0) is 0 Å². The van der Waals surface area contributed by atoms with Crippen LogP contribution in [0.5, 0.6) is 0 Å². The van der Waals surface area contributed by atoms with E-state index in [0.717, 1.165) is 0 Å². The Morgan fingerprint density at radius 1 is 0.562 bits per heavy atom. The summed E-state index contributed by atoms with van der Waals surface area (Å²) in [6.45, 7) is 4.50. The van der Waals surface area contributed by atoms with Crippen molar-refractivity contribution in [1.29, 1.82) is 0 Å². The zero-order valence-electron chi connectivity index (χ0n) is 18.3. The summed E-state index contributed by atoms with van der Waals surface area (Å²) < 4.78 is 2.71. The van der Waals surface area contributed by atoms with Gasteiger partial charge in [0.05, 0.1) is 0 Å². The van der Waals surface area contributed by atoms with Crippen molar-refractivity contribution in [2.75, 3.05) is 0 Å². The van der Waals surface area contributed by atoms with E-state index in [2.05, 4.69) is 117 Å². The summed E-state index contributed by atoms with van der Waals surface area (Å²) in [5, 5.41) is 5.28. The second kappa shape index (κ2) is 7.62. The predicted octanol–water partition coefficient (Wildman–Crippen LogP) is 9.67. The van der Waals surface area contributed by atoms with E-state index in [0.29, 0.717) is 5.92 Å². The van der Waals surface area contributed by atoms with Gasteiger partial charge in [-0.15, -0.1) is 11.3 Å². The normalized spacial score (nSPS) is 11.7. The van der Waals surface area contributed by atoms with Crippen molar-refractivity contribution in [2.45, 2.75) is 19.8 Å². The zero-order chi connectivity index (χ0) is 21.7. The fourth-order valence-electron chi connectivity index (χ4n) is 4.79. The molecule has 1 heterocycles. The second-order valence-electron chi connectivity index (χ2n) is 8.77. The van der Waals surface area contributed by atoms with Gasteiger partial charge in [-0.25, -0.2) is 0 Å². The van der Waals surface area contributed by atoms with Crippen molar-refractivity contribution in [1.82, 2.24) is 0 Å². The first-order valence-corrected chi connectivity index (χ1v) is 12.0. The zero-order valence-corrected chi connectivity index (χ0v) is 19.1. The van der Waals surface area contributed by atoms with Crippen LogP contribution in [0, 0.1) is 0 Å². The van der Waals surface area contributed by atoms with E-state index in [-0.39, 0.29) is 0 Å². The van der Waals surface area contributed by atoms with Crippen LogP contribution in [-0.4, -0.2) is 0 Å². The fourth-order valence-corrected chi connectivity index (χ4v) is 6.02. The Morgan fingerprint density at radius 3 is 2.09 bits per heavy atom. The first kappa shape index (κ1) is 19.3. The summed E-state index contributed by atoms with van der Waals surface area (Å²) in [6.07, 6.45) is 0. The van der Waals surface area contributed by atoms with E-state index in [9.17, 15) is 0 Å². The Hall–Kier alpha value is -3.42. The number of benzene rings is 5. The third-order valence-electron chi connectivity index (χ3n) is 6.49. The molecule has 0 fully saturated rings. The topological polar surface area (TPSA) is 0 Å². The highest BCUT2D eigenvalue weighted by molar-refractivity contribution is 7.26. The maximum atomic E-state index is 2.30. The molecule has 0 N–H and O–H groups in total. The van der Waals surface area contributed by atoms with Crippen LogP contribution in [0.3, 0.4) is 0 Å². The highest BCUT2D eigenvalue weighted by Crippen LogP contribution is 2.45. The average Bonchev–Trinajstić information content (AvgIpc) is 3.22. The molecule has 0 aliphatic heterocycles. The largest absolute Gasteiger partial charge is 0.135 e. The molecule has 0 spiro atoms. The van der Waals surface area contributed by atoms with Crippen LogP contribution in [0.2, 0.25) is 0 Å². The molecule has 6 rings (SSSR count). The van der Waals surface area contributed by atoms with Crippen LogP contribution >= 0.6 is 11.3 Å². The summed E-state index contributed by atoms with van der Waals surface area (Å²) in [6, 6.07) is 38.0. The highest BCUT2D eigenvalue weighted by atomic mass is 32.1. The Balaban J connectivity index is 1.69. The fraction of sp³-hybridized carbons (Fsp3) is 0.0968. The smallest absolute Gasteiger partial charge is 0.0434 e. The van der Waals surface area contributed by atoms with Gasteiger partial charge in [0.15, 0.2) is 0 Å². The van der Waals surface area contributed by atoms with Gasteiger partial charge in [0.2, 0.25) is 0 Å². The Labute approximate surface area is 192 Å². The number of fused-ring (bicyclic) bond motifs is 4. The van der Waals surface area contributed by atoms with Crippen LogP contribution in [0.25, 0.3) is 53.2 Å². The van der Waals surface area contributed by atoms with Gasteiger partial charge in [-0.2, -0.15) is 0 Å². The molecule has 1 aromatic heterocycles. The van der Waals surface area contributed by atoms with Crippen LogP contribution in [0.1, 0.15) is 25.3 Å². The summed E-state index contributed by atoms with van der Waals surface area (Å²) in [5.74, 6) is 0.535. The Kier molecular flexibility index (Phi) is 4.59. The summed E-state index contributed by atoms with van der Waals surface area (Å²) in [4.78, 5) is 0. The molecule has 1 heteroatoms. The van der Waals surface area contributed by atoms with E-state index < -0.39 is 0 Å². The van der Waals surface area contributed by atoms with E-state index >= 15 is 0 Å². The van der Waals surface area contributed by atoms with E-state index in [1.807, 2.05) is 11.3 Å². The predicted molar refractivity (Wildman–Crippen MR) is 142 cm³/mol. The maximum absolute atomic E-state index is 2.30. The van der Waals surface area contributed by atoms with Crippen molar-refractivity contribution >= 4 is 42.3 Å². The molecule has 0 radical (unpaired) electrons. The van der Waals surface area contributed by atoms with E-state index in [1.165, 1.54) is 58.8 Å². The van der Waals surface area contributed by atoms with E-state index in [4.69, 9.17) is 0 Å². The molecule has 32 heavy (non-hydrogen) atoms. The average molecular weight is 429 g/mol. The molecule has 0 saturated heterocycles. The quantitative estimate of drug-likeness (QED) is 0.263. The maximum Gasteiger partial charge on any atom is 0.0434 e. The molecular weight excluding hydrogens is 404 g/mol. The summed E-state index contributed by atoms with van der Waals surface area (Å²) in [5.41, 5.74) is 6.60. The third-order valence-corrected chi connectivity index (χ3v) is 7.71. The van der Waals surface area contributed by atoms with Crippen LogP contribution in [0.15, 0.2) is 103 Å². The minimum absolute atomic E-state index is 0.535. The van der Waals surface area contributed by atoms with Crippen LogP contribution < -0.4 is 0 Å². The summed E-state index contributed by atoms with van der Waals surface area (Å²) in [7, 11) is 0. The number of rotatable bonds is 3. The molecule has 0 saturated carbocycles. The number of thiophene rings is 1. The Morgan fingerprint density at radius 2 is 1.28 bits per heavy atom. The van der Waals surface area contributed by atoms with Gasteiger partial charge < -0.3 is 0 Å². The molecule has 5 aromatic carbocycles. The van der Waals surface area contributed by atoms with E-state index in [1.54, 1.807) is 0 Å². The van der Waals surface area contributed by atoms with Gasteiger partial charge in [0.25, 0.3) is 0 Å². The minimum atomic E-state index is 0.535. The molecule has 0 nitrogen and oxygen atoms in total. The SMILES string of the molecule is CC(C)c1ccc(-c2ccc3ccccc3c2-c2cccc3c2sc2ccccc23)cc1. The first-order chi connectivity index (χ1) is 15.7. The molecule has 154 valence electrons. The van der Waals surface area contributed by atoms with Gasteiger partial charge in [-0.05, 0) is 45.0 Å². The highest BCUT2D eigenvalue weighted by Gasteiger charge is 2.16. The van der Waals surface area contributed by atoms with Gasteiger partial charge in [-0.3, -0.25) is 0 Å². The lowest BCUT2D eigenvalue weighted by Crippen LogP contribution is -1.90. The standard InChI is InChI=1S/C31H24S/c1-20(2)21-14-16-23(17-15-21)25-19-18-22-8-3-4-9-24(22)30(25)28-12-7-11-27-26-10-5-6-13-29(26)32-31(27)28/h3-20H,1-2H3. The van der Waals surface area contributed by atoms with Gasteiger partial charge >= 0.3 is 0 Å². The lowest BCUT2D eigenvalue weighted by molar-refractivity contribution is 0.867. The van der Waals surface area contributed by atoms with Crippen LogP contribution in [0.4, 0.5) is 0 Å². The van der Waals surface area contributed by atoms with Crippen molar-refractivity contribution < 1.29 is 0 Å². The number of hydrogen-bond acceptors (Lipinski definition) is 1. The molecule has 0 amide bonds. The van der Waals surface area contributed by atoms with Crippen molar-refractivity contribution in [3.8, 4) is 22.3 Å². The van der Waals surface area contributed by atoms with Crippen molar-refractivity contribution in [3.05, 3.63) is 109 Å². The number of hydrogen-bond donors (Lipinski definition) is 0. The van der Waals surface area contributed by atoms with Gasteiger partial charge in [0.1, 0.15) is 0 Å². The molecule has 0 aliphatic rings. The molecule has 0 aliphatic carbocycles. The molecule has 6 aromatic rings. The second-order valence-corrected chi connectivity index (χ2v) is 9.82. The van der Waals surface area contributed by atoms with Crippen molar-refractivity contribution in [3.63, 3.8) is 0 Å². The third kappa shape index (κ3) is 3.04. The monoisotopic (exact) mass is 428 g/mol. The minimum Gasteiger partial charge on any atom is -0.135 e. The first-order valence-electron chi connectivity index (χ1n) is 11.2. The van der Waals surface area contributed by atoms with Gasteiger partial charge in [0, 0.05) is 25.7 Å². The lowest BCUT2D eigenvalue weighted by atomic mass is 9.88. The Bertz CT molecular complexity index is 1580. The lowest BCUT2D eigenvalue weighted by Gasteiger charge is -2.16. The van der Waals surface area contributed by atoms with Crippen molar-refractivity contribution in [2.24, 2.45) is 0 Å². The molecular formula is C31H24S. The molecule has 0 unspecified atom stereocenters. The molecule has 0 atom stereocenters. The molecule has 0 bridgehead atoms. The van der Waals surface area contributed by atoms with Gasteiger partial charge in [-0.1, -0.05) is 111 Å². The summed E-state index contributed by atoms with van der Waals surface area (Å²) >= 11 is 1.90.